The summed E-state index contributed by atoms with van der Waals surface area (Å²) in [5, 5.41) is 23.4. The van der Waals surface area contributed by atoms with Gasteiger partial charge in [-0.25, -0.2) is 0 Å². The summed E-state index contributed by atoms with van der Waals surface area (Å²) in [6.45, 7) is 7.06. The number of amides is 7. The molecule has 16 rings (SSSR count). The van der Waals surface area contributed by atoms with Crippen LogP contribution < -0.4 is 54.4 Å². The Kier molecular flexibility index (Phi) is 32.3. The third kappa shape index (κ3) is 24.5. The summed E-state index contributed by atoms with van der Waals surface area (Å²) >= 11 is 36.9. The second-order valence-electron chi connectivity index (χ2n) is 31.3. The minimum Gasteiger partial charge on any atom is -0.322 e. The number of hydrogen-bond acceptors (Lipinski definition) is 16. The lowest BCUT2D eigenvalue weighted by molar-refractivity contribution is 0.101. The van der Waals surface area contributed by atoms with E-state index in [-0.39, 0.29) is 49.8 Å². The van der Waals surface area contributed by atoms with Crippen LogP contribution in [-0.4, -0.2) is 178 Å². The van der Waals surface area contributed by atoms with Gasteiger partial charge >= 0.3 is 40.8 Å². The first-order chi connectivity index (χ1) is 64.2. The Morgan fingerprint density at radius 1 is 0.281 bits per heavy atom. The van der Waals surface area contributed by atoms with Crippen molar-refractivity contribution in [3.8, 4) is 0 Å². The molecule has 0 atom stereocenters. The first kappa shape index (κ1) is 100. The van der Waals surface area contributed by atoms with Gasteiger partial charge in [-0.3, -0.25) is 55.8 Å². The predicted octanol–water partition coefficient (Wildman–Crippen LogP) is 18.1. The zero-order chi connectivity index (χ0) is 97.0. The Balaban J connectivity index is 0.000000153. The molecule has 0 saturated carbocycles. The molecule has 4 aliphatic heterocycles. The van der Waals surface area contributed by atoms with E-state index >= 15 is 0 Å². The number of fused-ring (bicyclic) bond motifs is 1. The normalized spacial score (nSPS) is 15.7. The summed E-state index contributed by atoms with van der Waals surface area (Å²) in [6, 6.07) is 64.2. The lowest BCUT2D eigenvalue weighted by Gasteiger charge is -2.34. The molecule has 0 radical (unpaired) electrons. The monoisotopic (exact) mass is 2020 g/mol. The molecule has 135 heavy (non-hydrogen) atoms. The fraction of sp³-hybridized carbons (Fsp3) is 0.191. The van der Waals surface area contributed by atoms with Crippen LogP contribution in [0.15, 0.2) is 249 Å². The highest BCUT2D eigenvalue weighted by Crippen LogP contribution is 2.36. The van der Waals surface area contributed by atoms with Gasteiger partial charge in [-0.1, -0.05) is 106 Å². The van der Waals surface area contributed by atoms with Crippen molar-refractivity contribution in [2.45, 2.75) is 39.5 Å². The maximum Gasteiger partial charge on any atom is 0.303 e. The third-order valence-corrected chi connectivity index (χ3v) is 31.3. The molecule has 0 aliphatic carbocycles. The van der Waals surface area contributed by atoms with Crippen LogP contribution in [-0.2, 0) is 40.8 Å². The number of hydrogen-bond donors (Lipinski definition) is 7. The van der Waals surface area contributed by atoms with Crippen molar-refractivity contribution in [1.82, 2.24) is 22.2 Å². The van der Waals surface area contributed by atoms with Crippen LogP contribution in [0.5, 0.6) is 0 Å². The SMILES string of the molecule is CN1CCCN(c2ccc(C(=O)Nc3ccc(Cl)c(NC(=O)c4cccc(Cl)c4)c3)c(Cl)c2)S1(=O)=O.CN1CCCN(c2ccc(C(=O)Nc3ccc4ccncc4c3)cc2)S1(=O)=O.Cc1ccc(NC(=O)c2ccc(N3CCCN(C)S3(=O)=O)cc2)cc1NC(=O)c1cccc(Cl)c1.Cc1ccc(NC(=O)c2ccc(N3CCCN(C)S3(=O)=O)cc2Cl)cc1NC(=O)c1cccc(Cl)c1. The van der Waals surface area contributed by atoms with Crippen molar-refractivity contribution in [3.05, 3.63) is 329 Å². The van der Waals surface area contributed by atoms with E-state index in [9.17, 15) is 67.2 Å². The van der Waals surface area contributed by atoms with Crippen LogP contribution in [0, 0.1) is 13.8 Å². The van der Waals surface area contributed by atoms with Crippen LogP contribution in [0.2, 0.25) is 30.1 Å². The molecule has 0 unspecified atom stereocenters. The molecule has 1 aromatic heterocycles. The van der Waals surface area contributed by atoms with E-state index in [1.165, 1.54) is 97.1 Å². The van der Waals surface area contributed by atoms with Crippen molar-refractivity contribution in [1.29, 1.82) is 0 Å². The minimum atomic E-state index is -3.64. The van der Waals surface area contributed by atoms with Gasteiger partial charge < -0.3 is 37.2 Å². The molecule has 0 bridgehead atoms. The van der Waals surface area contributed by atoms with Crippen LogP contribution in [0.1, 0.15) is 109 Å². The molecule has 31 nitrogen and oxygen atoms in total. The second-order valence-corrected chi connectivity index (χ2v) is 41.7. The number of benzene rings is 11. The number of halogens is 6. The summed E-state index contributed by atoms with van der Waals surface area (Å²) in [4.78, 5) is 93.1. The quantitative estimate of drug-likeness (QED) is 0.0419. The van der Waals surface area contributed by atoms with Crippen molar-refractivity contribution in [3.63, 3.8) is 0 Å². The third-order valence-electron chi connectivity index (χ3n) is 22.0. The fourth-order valence-electron chi connectivity index (χ4n) is 14.4. The Labute approximate surface area is 811 Å². The molecule has 4 fully saturated rings. The number of anilines is 11. The van der Waals surface area contributed by atoms with Gasteiger partial charge in [0.15, 0.2) is 0 Å². The molecule has 5 heterocycles. The Morgan fingerprint density at radius 2 is 0.593 bits per heavy atom. The topological polar surface area (TPSA) is 379 Å². The maximum absolute atomic E-state index is 12.9. The smallest absolute Gasteiger partial charge is 0.303 e. The van der Waals surface area contributed by atoms with Crippen molar-refractivity contribution in [2.75, 3.05) is 135 Å². The number of carbonyl (C=O) groups is 7. The Bertz CT molecular complexity index is 6850. The van der Waals surface area contributed by atoms with Crippen LogP contribution >= 0.6 is 69.6 Å². The standard InChI is InChI=1S/C25H24Cl2N4O4S.C25H25ClN4O4S.C24H21Cl3N4O4S.C20H20N4O3S/c1-16-7-8-19(14-23(16)29-24(32)17-5-3-6-18(26)13-17)28-25(33)21-10-9-20(15-22(21)27)31-12-4-11-30(2)36(31,34)35;1-17-7-10-21(16-23(17)28-25(32)19-5-3-6-20(26)15-19)27-24(31)18-8-11-22(12-9-18)30-14-4-13-29(2)35(30,33)34;1-30-10-3-11-31(36(30,34)35)18-7-8-19(21(27)14-18)24(33)28-17-6-9-20(26)22(13-17)29-23(32)15-4-2-5-16(25)12-15;1-23-11-2-12-24(28(23,26)27)19-7-4-16(5-8-19)20(25)22-18-6-3-15-9-10-21-14-17(15)13-18/h3,5-10,13-15H,4,11-12H2,1-2H3,(H,28,33)(H,29,32);3,5-12,15-16H,4,13-14H2,1-2H3,(H,27,31)(H,28,32);2,4-9,12-14H,3,10-11H2,1H3,(H,28,33)(H,29,32);3-10,13-14H,2,11-12H2,1H3,(H,22,25). The van der Waals surface area contributed by atoms with E-state index in [0.717, 1.165) is 34.7 Å². The first-order valence-corrected chi connectivity index (χ1v) is 49.6. The summed E-state index contributed by atoms with van der Waals surface area (Å²) in [5.74, 6) is -2.66. The Hall–Kier alpha value is -12.3. The number of rotatable bonds is 18. The number of carbonyl (C=O) groups excluding carboxylic acids is 7. The minimum absolute atomic E-state index is 0.0943. The van der Waals surface area contributed by atoms with Gasteiger partial charge in [-0.15, -0.1) is 0 Å². The van der Waals surface area contributed by atoms with Gasteiger partial charge in [0.2, 0.25) is 0 Å². The largest absolute Gasteiger partial charge is 0.322 e. The van der Waals surface area contributed by atoms with Gasteiger partial charge in [0.25, 0.3) is 41.4 Å². The van der Waals surface area contributed by atoms with Crippen molar-refractivity contribution >= 4 is 225 Å². The average molecular weight is 2020 g/mol. The number of pyridine rings is 1. The maximum atomic E-state index is 12.9. The first-order valence-electron chi connectivity index (χ1n) is 41.8. The van der Waals surface area contributed by atoms with Crippen LogP contribution in [0.3, 0.4) is 0 Å². The molecule has 12 aromatic rings. The molecular formula is C94H90Cl6N16O15S4. The highest BCUT2D eigenvalue weighted by atomic mass is 35.5. The molecule has 41 heteroatoms. The van der Waals surface area contributed by atoms with E-state index in [4.69, 9.17) is 69.6 Å². The van der Waals surface area contributed by atoms with Crippen molar-refractivity contribution in [2.24, 2.45) is 0 Å². The number of nitrogens with one attached hydrogen (secondary N) is 7. The summed E-state index contributed by atoms with van der Waals surface area (Å²) < 4.78 is 111. The summed E-state index contributed by atoms with van der Waals surface area (Å²) in [5.41, 5.74) is 9.20. The molecule has 7 amide bonds. The van der Waals surface area contributed by atoms with E-state index in [0.29, 0.717) is 171 Å². The Morgan fingerprint density at radius 3 is 0.956 bits per heavy atom. The number of aromatic nitrogens is 1. The van der Waals surface area contributed by atoms with E-state index in [2.05, 4.69) is 42.2 Å². The van der Waals surface area contributed by atoms with Crippen LogP contribution in [0.25, 0.3) is 10.8 Å². The summed E-state index contributed by atoms with van der Waals surface area (Å²) in [7, 11) is -8.16. The van der Waals surface area contributed by atoms with Gasteiger partial charge in [0, 0.05) is 175 Å². The van der Waals surface area contributed by atoms with Crippen molar-refractivity contribution < 1.29 is 67.2 Å². The molecule has 4 saturated heterocycles. The van der Waals surface area contributed by atoms with E-state index in [1.807, 2.05) is 38.1 Å². The summed E-state index contributed by atoms with van der Waals surface area (Å²) in [6.07, 6.45) is 6.30. The zero-order valence-electron chi connectivity index (χ0n) is 73.2. The molecule has 4 aliphatic rings. The van der Waals surface area contributed by atoms with E-state index < -0.39 is 58.6 Å². The van der Waals surface area contributed by atoms with Gasteiger partial charge in [-0.05, 0) is 256 Å². The molecular weight excluding hydrogens is 1930 g/mol. The van der Waals surface area contributed by atoms with Gasteiger partial charge in [0.05, 0.1) is 54.6 Å². The second kappa shape index (κ2) is 43.6. The highest BCUT2D eigenvalue weighted by molar-refractivity contribution is 7.91. The highest BCUT2D eigenvalue weighted by Gasteiger charge is 2.36. The molecule has 7 N–H and O–H groups in total. The molecule has 0 spiro atoms. The molecule has 702 valence electrons. The van der Waals surface area contributed by atoms with Gasteiger partial charge in [0.1, 0.15) is 0 Å². The van der Waals surface area contributed by atoms with Gasteiger partial charge in [-0.2, -0.15) is 50.9 Å². The average Bonchev–Trinajstić information content (AvgIpc) is 0.781. The fourth-order valence-corrected chi connectivity index (χ4v) is 21.5. The molecule has 11 aromatic carbocycles. The zero-order valence-corrected chi connectivity index (χ0v) is 81.0. The predicted molar refractivity (Wildman–Crippen MR) is 535 cm³/mol. The lowest BCUT2D eigenvalue weighted by Crippen LogP contribution is -2.48. The lowest BCUT2D eigenvalue weighted by atomic mass is 10.1. The number of aryl methyl sites for hydroxylation is 2. The van der Waals surface area contributed by atoms with E-state index in [1.54, 1.807) is 190 Å². The number of nitrogens with zero attached hydrogens (tertiary/aromatic N) is 9. The van der Waals surface area contributed by atoms with Crippen LogP contribution in [0.4, 0.5) is 62.6 Å².